The van der Waals surface area contributed by atoms with Gasteiger partial charge in [0.25, 0.3) is 0 Å². The van der Waals surface area contributed by atoms with Gasteiger partial charge in [-0.2, -0.15) is 0 Å². The number of aryl methyl sites for hydroxylation is 2. The summed E-state index contributed by atoms with van der Waals surface area (Å²) >= 11 is 0. The molecule has 154 valence electrons. The second-order valence-electron chi connectivity index (χ2n) is 8.38. The fraction of sp³-hybridized carbons (Fsp3) is 0.296. The number of hydrogen-bond acceptors (Lipinski definition) is 3. The normalized spacial score (nSPS) is 15.5. The van der Waals surface area contributed by atoms with E-state index in [1.54, 1.807) is 12.1 Å². The van der Waals surface area contributed by atoms with Crippen LogP contribution in [0, 0.1) is 13.8 Å². The average molecular weight is 401 g/mol. The maximum Gasteiger partial charge on any atom is 0.343 e. The minimum Gasteiger partial charge on any atom is -0.508 e. The summed E-state index contributed by atoms with van der Waals surface area (Å²) in [4.78, 5) is 12.5. The van der Waals surface area contributed by atoms with Gasteiger partial charge in [-0.3, -0.25) is 0 Å². The Balaban J connectivity index is 1.68. The van der Waals surface area contributed by atoms with Gasteiger partial charge in [0.2, 0.25) is 0 Å². The summed E-state index contributed by atoms with van der Waals surface area (Å²) in [6.45, 7) is 3.95. The van der Waals surface area contributed by atoms with E-state index >= 15 is 0 Å². The molecule has 1 aliphatic rings. The predicted molar refractivity (Wildman–Crippen MR) is 119 cm³/mol. The van der Waals surface area contributed by atoms with Crippen LogP contribution in [0.4, 0.5) is 0 Å². The molecule has 3 heteroatoms. The van der Waals surface area contributed by atoms with Gasteiger partial charge in [0.15, 0.2) is 0 Å². The van der Waals surface area contributed by atoms with Gasteiger partial charge in [-0.1, -0.05) is 61.7 Å². The third kappa shape index (κ3) is 3.85. The lowest BCUT2D eigenvalue weighted by molar-refractivity contribution is 0.0733. The zero-order chi connectivity index (χ0) is 21.1. The number of ether oxygens (including phenoxy) is 1. The van der Waals surface area contributed by atoms with Crippen molar-refractivity contribution in [1.29, 1.82) is 0 Å². The number of aromatic hydroxyl groups is 1. The molecule has 3 aromatic carbocycles. The van der Waals surface area contributed by atoms with Gasteiger partial charge in [-0.25, -0.2) is 4.79 Å². The molecule has 3 nitrogen and oxygen atoms in total. The highest BCUT2D eigenvalue weighted by Gasteiger charge is 2.36. The molecule has 0 heterocycles. The monoisotopic (exact) mass is 400 g/mol. The Morgan fingerprint density at radius 1 is 0.833 bits per heavy atom. The number of hydrogen-bond donors (Lipinski definition) is 1. The van der Waals surface area contributed by atoms with E-state index in [2.05, 4.69) is 24.3 Å². The van der Waals surface area contributed by atoms with Crippen molar-refractivity contribution in [3.8, 4) is 11.5 Å². The third-order valence-corrected chi connectivity index (χ3v) is 6.40. The summed E-state index contributed by atoms with van der Waals surface area (Å²) in [5.41, 5.74) is 4.85. The van der Waals surface area contributed by atoms with E-state index in [1.165, 1.54) is 30.4 Å². The van der Waals surface area contributed by atoms with Crippen molar-refractivity contribution in [2.75, 3.05) is 0 Å². The first-order valence-electron chi connectivity index (χ1n) is 10.7. The van der Waals surface area contributed by atoms with Gasteiger partial charge in [-0.05, 0) is 73.2 Å². The Kier molecular flexibility index (Phi) is 5.63. The first kappa shape index (κ1) is 20.2. The second kappa shape index (κ2) is 8.35. The second-order valence-corrected chi connectivity index (χ2v) is 8.38. The molecule has 0 radical (unpaired) electrons. The van der Waals surface area contributed by atoms with Crippen LogP contribution < -0.4 is 4.74 Å². The summed E-state index contributed by atoms with van der Waals surface area (Å²) < 4.78 is 5.68. The molecule has 0 atom stereocenters. The lowest BCUT2D eigenvalue weighted by atomic mass is 9.65. The fourth-order valence-electron chi connectivity index (χ4n) is 4.65. The largest absolute Gasteiger partial charge is 0.508 e. The van der Waals surface area contributed by atoms with Crippen LogP contribution in [-0.4, -0.2) is 11.1 Å². The molecule has 4 rings (SSSR count). The molecule has 0 aliphatic heterocycles. The molecule has 0 unspecified atom stereocenters. The summed E-state index contributed by atoms with van der Waals surface area (Å²) in [5.74, 6) is 0.595. The molecule has 0 amide bonds. The Hall–Kier alpha value is -3.07. The summed E-state index contributed by atoms with van der Waals surface area (Å²) in [6, 6.07) is 21.3. The number of phenolic OH excluding ortho intramolecular Hbond substituents is 1. The molecule has 0 aromatic heterocycles. The van der Waals surface area contributed by atoms with Gasteiger partial charge in [0.05, 0.1) is 5.56 Å². The molecule has 30 heavy (non-hydrogen) atoms. The summed E-state index contributed by atoms with van der Waals surface area (Å²) in [6.07, 6.45) is 5.79. The van der Waals surface area contributed by atoms with Crippen LogP contribution in [-0.2, 0) is 5.41 Å². The van der Waals surface area contributed by atoms with Crippen molar-refractivity contribution < 1.29 is 14.6 Å². The summed E-state index contributed by atoms with van der Waals surface area (Å²) in [7, 11) is 0. The van der Waals surface area contributed by atoms with Crippen molar-refractivity contribution in [3.63, 3.8) is 0 Å². The topological polar surface area (TPSA) is 46.5 Å². The van der Waals surface area contributed by atoms with Crippen molar-refractivity contribution in [1.82, 2.24) is 0 Å². The highest BCUT2D eigenvalue weighted by atomic mass is 16.5. The van der Waals surface area contributed by atoms with Crippen LogP contribution >= 0.6 is 0 Å². The zero-order valence-electron chi connectivity index (χ0n) is 17.7. The molecule has 0 spiro atoms. The molecule has 1 aliphatic carbocycles. The van der Waals surface area contributed by atoms with E-state index in [0.29, 0.717) is 17.1 Å². The molecular weight excluding hydrogens is 372 g/mol. The number of benzene rings is 3. The van der Waals surface area contributed by atoms with Gasteiger partial charge < -0.3 is 9.84 Å². The van der Waals surface area contributed by atoms with Crippen LogP contribution in [0.25, 0.3) is 0 Å². The number of phenols is 1. The molecule has 3 aromatic rings. The van der Waals surface area contributed by atoms with Crippen LogP contribution in [0.1, 0.15) is 64.7 Å². The number of rotatable bonds is 4. The molecule has 1 saturated carbocycles. The Morgan fingerprint density at radius 3 is 2.10 bits per heavy atom. The fourth-order valence-corrected chi connectivity index (χ4v) is 4.65. The minimum absolute atomic E-state index is 0.0660. The maximum absolute atomic E-state index is 12.5. The number of carbonyl (C=O) groups excluding carboxylic acids is 1. The van der Waals surface area contributed by atoms with Crippen molar-refractivity contribution in [2.24, 2.45) is 0 Å². The quantitative estimate of drug-likeness (QED) is 0.403. The Bertz CT molecular complexity index is 1050. The molecule has 1 fully saturated rings. The lowest BCUT2D eigenvalue weighted by Gasteiger charge is -2.39. The highest BCUT2D eigenvalue weighted by molar-refractivity contribution is 5.91. The highest BCUT2D eigenvalue weighted by Crippen LogP contribution is 2.46. The van der Waals surface area contributed by atoms with Gasteiger partial charge in [0, 0.05) is 5.41 Å². The molecule has 0 bridgehead atoms. The first-order chi connectivity index (χ1) is 14.5. The van der Waals surface area contributed by atoms with Crippen molar-refractivity contribution in [2.45, 2.75) is 51.4 Å². The van der Waals surface area contributed by atoms with E-state index in [-0.39, 0.29) is 11.4 Å². The Morgan fingerprint density at radius 2 is 1.47 bits per heavy atom. The van der Waals surface area contributed by atoms with E-state index in [1.807, 2.05) is 44.2 Å². The predicted octanol–water partition coefficient (Wildman–Crippen LogP) is 6.48. The van der Waals surface area contributed by atoms with Crippen molar-refractivity contribution in [3.05, 3.63) is 94.5 Å². The van der Waals surface area contributed by atoms with Crippen LogP contribution in [0.5, 0.6) is 11.5 Å². The standard InChI is InChI=1S/C27H28O3/c1-19-17-22(11-13-24(19)28)27(15-7-4-8-16-27)23-12-14-25(20(2)18-23)30-26(29)21-9-5-3-6-10-21/h3,5-6,9-14,17-18,28H,4,7-8,15-16H2,1-2H3. The van der Waals surface area contributed by atoms with Crippen LogP contribution in [0.15, 0.2) is 66.7 Å². The van der Waals surface area contributed by atoms with Crippen LogP contribution in [0.2, 0.25) is 0 Å². The smallest absolute Gasteiger partial charge is 0.343 e. The Labute approximate surface area is 178 Å². The minimum atomic E-state index is -0.340. The zero-order valence-corrected chi connectivity index (χ0v) is 17.7. The SMILES string of the molecule is Cc1cc(C2(c3ccc(OC(=O)c4ccccc4)c(C)c3)CCCCC2)ccc1O. The third-order valence-electron chi connectivity index (χ3n) is 6.40. The number of esters is 1. The first-order valence-corrected chi connectivity index (χ1v) is 10.7. The van der Waals surface area contributed by atoms with E-state index in [9.17, 15) is 9.90 Å². The van der Waals surface area contributed by atoms with E-state index < -0.39 is 0 Å². The van der Waals surface area contributed by atoms with Crippen molar-refractivity contribution >= 4 is 5.97 Å². The maximum atomic E-state index is 12.5. The average Bonchev–Trinajstić information content (AvgIpc) is 2.78. The van der Waals surface area contributed by atoms with E-state index in [0.717, 1.165) is 24.0 Å². The summed E-state index contributed by atoms with van der Waals surface area (Å²) in [5, 5.41) is 10.0. The molecule has 0 saturated heterocycles. The van der Waals surface area contributed by atoms with Gasteiger partial charge in [0.1, 0.15) is 11.5 Å². The van der Waals surface area contributed by atoms with Crippen LogP contribution in [0.3, 0.4) is 0 Å². The lowest BCUT2D eigenvalue weighted by Crippen LogP contribution is -2.30. The van der Waals surface area contributed by atoms with Gasteiger partial charge in [-0.15, -0.1) is 0 Å². The van der Waals surface area contributed by atoms with E-state index in [4.69, 9.17) is 4.74 Å². The van der Waals surface area contributed by atoms with Gasteiger partial charge >= 0.3 is 5.97 Å². The molecule has 1 N–H and O–H groups in total. The number of carbonyl (C=O) groups is 1. The molecular formula is C27H28O3.